The molecule has 0 saturated heterocycles. The summed E-state index contributed by atoms with van der Waals surface area (Å²) < 4.78 is 7.26. The first-order valence-corrected chi connectivity index (χ1v) is 7.09. The van der Waals surface area contributed by atoms with Crippen LogP contribution in [0.25, 0.3) is 0 Å². The quantitative estimate of drug-likeness (QED) is 0.918. The van der Waals surface area contributed by atoms with E-state index in [1.165, 1.54) is 5.56 Å². The predicted molar refractivity (Wildman–Crippen MR) is 86.9 cm³/mol. The van der Waals surface area contributed by atoms with Crippen molar-refractivity contribution in [1.29, 1.82) is 0 Å². The van der Waals surface area contributed by atoms with E-state index < -0.39 is 0 Å². The number of methoxy groups -OCH3 is 1. The number of nitrogens with two attached hydrogens (primary N) is 1. The summed E-state index contributed by atoms with van der Waals surface area (Å²) in [5.74, 6) is 1.88. The van der Waals surface area contributed by atoms with Gasteiger partial charge in [0.1, 0.15) is 11.6 Å². The third-order valence-electron chi connectivity index (χ3n) is 3.94. The van der Waals surface area contributed by atoms with Crippen molar-refractivity contribution >= 4 is 11.5 Å². The molecule has 1 aromatic carbocycles. The number of ether oxygens (including phenoxy) is 1. The zero-order valence-electron chi connectivity index (χ0n) is 13.4. The molecular weight excluding hydrogens is 264 g/mol. The second-order valence-corrected chi connectivity index (χ2v) is 5.42. The zero-order valence-corrected chi connectivity index (χ0v) is 13.4. The zero-order chi connectivity index (χ0) is 15.6. The van der Waals surface area contributed by atoms with Crippen LogP contribution in [0.1, 0.15) is 18.2 Å². The maximum atomic E-state index is 6.14. The fraction of sp³-hybridized carbons (Fsp3) is 0.438. The summed E-state index contributed by atoms with van der Waals surface area (Å²) in [5, 5.41) is 4.38. The minimum absolute atomic E-state index is 0.276. The number of para-hydroxylation sites is 1. The smallest absolute Gasteiger partial charge is 0.150 e. The molecule has 21 heavy (non-hydrogen) atoms. The molecule has 5 nitrogen and oxygen atoms in total. The number of anilines is 2. The van der Waals surface area contributed by atoms with Crippen LogP contribution < -0.4 is 15.4 Å². The Hall–Kier alpha value is -2.17. The van der Waals surface area contributed by atoms with Gasteiger partial charge in [0.05, 0.1) is 18.5 Å². The summed E-state index contributed by atoms with van der Waals surface area (Å²) in [6, 6.07) is 8.39. The Kier molecular flexibility index (Phi) is 4.40. The molecular formula is C16H24N4O. The molecule has 114 valence electrons. The average molecular weight is 288 g/mol. The first kappa shape index (κ1) is 15.2. The highest BCUT2D eigenvalue weighted by Crippen LogP contribution is 2.28. The lowest BCUT2D eigenvalue weighted by molar-refractivity contribution is 0.408. The molecule has 0 fully saturated rings. The maximum Gasteiger partial charge on any atom is 0.150 e. The number of aromatic nitrogens is 2. The molecule has 0 spiro atoms. The Morgan fingerprint density at radius 3 is 2.62 bits per heavy atom. The fourth-order valence-corrected chi connectivity index (χ4v) is 2.62. The molecule has 0 bridgehead atoms. The van der Waals surface area contributed by atoms with Crippen molar-refractivity contribution in [2.24, 2.45) is 7.05 Å². The summed E-state index contributed by atoms with van der Waals surface area (Å²) in [6.45, 7) is 4.10. The van der Waals surface area contributed by atoms with Gasteiger partial charge in [-0.1, -0.05) is 18.2 Å². The molecule has 0 aliphatic heterocycles. The van der Waals surface area contributed by atoms with Gasteiger partial charge in [-0.2, -0.15) is 5.10 Å². The van der Waals surface area contributed by atoms with Crippen LogP contribution in [0.5, 0.6) is 5.75 Å². The minimum Gasteiger partial charge on any atom is -0.496 e. The van der Waals surface area contributed by atoms with E-state index in [0.717, 1.165) is 29.4 Å². The van der Waals surface area contributed by atoms with Gasteiger partial charge < -0.3 is 15.4 Å². The summed E-state index contributed by atoms with van der Waals surface area (Å²) in [7, 11) is 5.67. The van der Waals surface area contributed by atoms with E-state index in [2.05, 4.69) is 23.0 Å². The van der Waals surface area contributed by atoms with Crippen molar-refractivity contribution in [3.63, 3.8) is 0 Å². The third kappa shape index (κ3) is 2.96. The number of rotatable bonds is 5. The second-order valence-electron chi connectivity index (χ2n) is 5.42. The maximum absolute atomic E-state index is 6.14. The largest absolute Gasteiger partial charge is 0.496 e. The van der Waals surface area contributed by atoms with Crippen molar-refractivity contribution < 1.29 is 4.74 Å². The molecule has 2 N–H and O–H groups in total. The van der Waals surface area contributed by atoms with Gasteiger partial charge in [0, 0.05) is 20.1 Å². The van der Waals surface area contributed by atoms with Crippen LogP contribution in [0, 0.1) is 6.92 Å². The van der Waals surface area contributed by atoms with Gasteiger partial charge in [0.2, 0.25) is 0 Å². The van der Waals surface area contributed by atoms with E-state index in [9.17, 15) is 0 Å². The SMILES string of the molecule is COc1ccccc1CC(C)N(C)c1c(N)c(C)nn1C. The first-order chi connectivity index (χ1) is 9.95. The number of aryl methyl sites for hydroxylation is 2. The molecule has 1 atom stereocenters. The van der Waals surface area contributed by atoms with Crippen molar-refractivity contribution in [3.05, 3.63) is 35.5 Å². The van der Waals surface area contributed by atoms with Crippen LogP contribution in [0.2, 0.25) is 0 Å². The average Bonchev–Trinajstić information content (AvgIpc) is 2.72. The minimum atomic E-state index is 0.276. The number of nitrogen functional groups attached to an aromatic ring is 1. The summed E-state index contributed by atoms with van der Waals surface area (Å²) in [4.78, 5) is 2.17. The highest BCUT2D eigenvalue weighted by atomic mass is 16.5. The summed E-state index contributed by atoms with van der Waals surface area (Å²) in [6.07, 6.45) is 0.879. The van der Waals surface area contributed by atoms with Crippen LogP contribution in [-0.2, 0) is 13.5 Å². The van der Waals surface area contributed by atoms with Crippen LogP contribution >= 0.6 is 0 Å². The van der Waals surface area contributed by atoms with Crippen molar-refractivity contribution in [2.45, 2.75) is 26.3 Å². The van der Waals surface area contributed by atoms with Crippen molar-refractivity contribution in [3.8, 4) is 5.75 Å². The second kappa shape index (κ2) is 6.08. The van der Waals surface area contributed by atoms with Crippen molar-refractivity contribution in [1.82, 2.24) is 9.78 Å². The van der Waals surface area contributed by atoms with Crippen molar-refractivity contribution in [2.75, 3.05) is 24.8 Å². The van der Waals surface area contributed by atoms with Gasteiger partial charge in [0.15, 0.2) is 0 Å². The van der Waals surface area contributed by atoms with E-state index in [0.29, 0.717) is 0 Å². The van der Waals surface area contributed by atoms with E-state index in [1.807, 2.05) is 43.9 Å². The van der Waals surface area contributed by atoms with E-state index in [1.54, 1.807) is 7.11 Å². The lowest BCUT2D eigenvalue weighted by atomic mass is 10.1. The number of hydrogen-bond donors (Lipinski definition) is 1. The molecule has 5 heteroatoms. The molecule has 2 aromatic rings. The Balaban J connectivity index is 2.21. The third-order valence-corrected chi connectivity index (χ3v) is 3.94. The molecule has 1 aromatic heterocycles. The van der Waals surface area contributed by atoms with Gasteiger partial charge >= 0.3 is 0 Å². The molecule has 1 unspecified atom stereocenters. The van der Waals surface area contributed by atoms with Gasteiger partial charge in [-0.15, -0.1) is 0 Å². The summed E-state index contributed by atoms with van der Waals surface area (Å²) in [5.41, 5.74) is 8.94. The molecule has 1 heterocycles. The van der Waals surface area contributed by atoms with E-state index in [4.69, 9.17) is 10.5 Å². The standard InChI is InChI=1S/C16H24N4O/c1-11(10-13-8-6-7-9-14(13)21-5)19(3)16-15(17)12(2)18-20(16)4/h6-9,11H,10,17H2,1-5H3. The Labute approximate surface area is 126 Å². The lowest BCUT2D eigenvalue weighted by Crippen LogP contribution is -2.32. The monoisotopic (exact) mass is 288 g/mol. The van der Waals surface area contributed by atoms with Gasteiger partial charge in [-0.25, -0.2) is 0 Å². The predicted octanol–water partition coefficient (Wildman–Crippen LogP) is 2.39. The van der Waals surface area contributed by atoms with E-state index in [-0.39, 0.29) is 6.04 Å². The molecule has 0 amide bonds. The topological polar surface area (TPSA) is 56.3 Å². The number of benzene rings is 1. The first-order valence-electron chi connectivity index (χ1n) is 7.09. The normalized spacial score (nSPS) is 12.2. The Bertz CT molecular complexity index is 621. The lowest BCUT2D eigenvalue weighted by Gasteiger charge is -2.27. The molecule has 2 rings (SSSR count). The molecule has 0 saturated carbocycles. The van der Waals surface area contributed by atoms with E-state index >= 15 is 0 Å². The van der Waals surface area contributed by atoms with Crippen LogP contribution in [0.15, 0.2) is 24.3 Å². The number of nitrogens with zero attached hydrogens (tertiary/aromatic N) is 3. The number of likely N-dealkylation sites (N-methyl/N-ethyl adjacent to an activating group) is 1. The van der Waals surface area contributed by atoms with Gasteiger partial charge in [0.25, 0.3) is 0 Å². The van der Waals surface area contributed by atoms with Crippen LogP contribution in [-0.4, -0.2) is 30.0 Å². The van der Waals surface area contributed by atoms with Crippen LogP contribution in [0.4, 0.5) is 11.5 Å². The molecule has 0 radical (unpaired) electrons. The van der Waals surface area contributed by atoms with Crippen LogP contribution in [0.3, 0.4) is 0 Å². The Morgan fingerprint density at radius 2 is 2.05 bits per heavy atom. The summed E-state index contributed by atoms with van der Waals surface area (Å²) >= 11 is 0. The highest BCUT2D eigenvalue weighted by Gasteiger charge is 2.19. The fourth-order valence-electron chi connectivity index (χ4n) is 2.62. The van der Waals surface area contributed by atoms with Gasteiger partial charge in [-0.3, -0.25) is 4.68 Å². The molecule has 0 aliphatic carbocycles. The Morgan fingerprint density at radius 1 is 1.38 bits per heavy atom. The van der Waals surface area contributed by atoms with Gasteiger partial charge in [-0.05, 0) is 31.9 Å². The molecule has 0 aliphatic rings. The number of hydrogen-bond acceptors (Lipinski definition) is 4. The highest BCUT2D eigenvalue weighted by molar-refractivity contribution is 5.66.